The predicted molar refractivity (Wildman–Crippen MR) is 102 cm³/mol. The lowest BCUT2D eigenvalue weighted by atomic mass is 10.0. The van der Waals surface area contributed by atoms with Crippen LogP contribution in [0.1, 0.15) is 27.9 Å². The number of pyridine rings is 1. The molecule has 3 rings (SSSR count). The predicted octanol–water partition coefficient (Wildman–Crippen LogP) is 4.08. The van der Waals surface area contributed by atoms with Gasteiger partial charge in [-0.25, -0.2) is 0 Å². The van der Waals surface area contributed by atoms with Crippen LogP contribution in [0.3, 0.4) is 0 Å². The van der Waals surface area contributed by atoms with E-state index >= 15 is 0 Å². The van der Waals surface area contributed by atoms with Crippen LogP contribution in [0.4, 0.5) is 5.69 Å². The van der Waals surface area contributed by atoms with Crippen LogP contribution in [0.15, 0.2) is 79.1 Å². The molecule has 4 nitrogen and oxygen atoms in total. The number of carbonyl (C=O) groups is 2. The first-order valence-corrected chi connectivity index (χ1v) is 8.56. The van der Waals surface area contributed by atoms with Gasteiger partial charge < -0.3 is 5.32 Å². The molecule has 0 saturated carbocycles. The molecule has 0 atom stereocenters. The summed E-state index contributed by atoms with van der Waals surface area (Å²) >= 11 is 0. The lowest BCUT2D eigenvalue weighted by Crippen LogP contribution is -2.11. The van der Waals surface area contributed by atoms with Gasteiger partial charge in [0.05, 0.1) is 0 Å². The van der Waals surface area contributed by atoms with Gasteiger partial charge in [0.25, 0.3) is 5.91 Å². The summed E-state index contributed by atoms with van der Waals surface area (Å²) in [5, 5.41) is 2.85. The van der Waals surface area contributed by atoms with E-state index in [1.807, 2.05) is 54.6 Å². The summed E-state index contributed by atoms with van der Waals surface area (Å²) in [5.74, 6) is 0.0424. The molecule has 130 valence electrons. The number of nitrogens with zero attached hydrogens (tertiary/aromatic N) is 1. The fourth-order valence-electron chi connectivity index (χ4n) is 2.64. The van der Waals surface area contributed by atoms with Gasteiger partial charge in [0.2, 0.25) is 0 Å². The largest absolute Gasteiger partial charge is 0.322 e. The number of anilines is 1. The molecule has 3 aromatic rings. The van der Waals surface area contributed by atoms with Crippen molar-refractivity contribution < 1.29 is 9.59 Å². The Bertz CT molecular complexity index is 860. The van der Waals surface area contributed by atoms with Crippen LogP contribution in [0.2, 0.25) is 0 Å². The van der Waals surface area contributed by atoms with Crippen LogP contribution in [-0.2, 0) is 17.6 Å². The fourth-order valence-corrected chi connectivity index (χ4v) is 2.64. The smallest absolute Gasteiger partial charge is 0.255 e. The third kappa shape index (κ3) is 5.11. The summed E-state index contributed by atoms with van der Waals surface area (Å²) in [7, 11) is 0. The number of ketones is 1. The van der Waals surface area contributed by atoms with Gasteiger partial charge in [-0.15, -0.1) is 0 Å². The quantitative estimate of drug-likeness (QED) is 0.702. The highest BCUT2D eigenvalue weighted by molar-refractivity contribution is 6.04. The van der Waals surface area contributed by atoms with Crippen LogP contribution in [0.5, 0.6) is 0 Å². The van der Waals surface area contributed by atoms with Crippen molar-refractivity contribution in [3.05, 3.63) is 95.8 Å². The van der Waals surface area contributed by atoms with E-state index in [4.69, 9.17) is 0 Å². The normalized spacial score (nSPS) is 10.3. The van der Waals surface area contributed by atoms with Gasteiger partial charge in [0.15, 0.2) is 0 Å². The number of nitrogens with one attached hydrogen (secondary N) is 1. The van der Waals surface area contributed by atoms with Gasteiger partial charge >= 0.3 is 0 Å². The molecule has 0 aliphatic heterocycles. The number of amides is 1. The van der Waals surface area contributed by atoms with Crippen LogP contribution in [0.25, 0.3) is 0 Å². The first-order chi connectivity index (χ1) is 12.7. The van der Waals surface area contributed by atoms with Crippen molar-refractivity contribution in [2.45, 2.75) is 19.3 Å². The first kappa shape index (κ1) is 17.5. The number of hydrogen-bond donors (Lipinski definition) is 1. The molecule has 0 bridgehead atoms. The Kier molecular flexibility index (Phi) is 5.88. The second-order valence-electron chi connectivity index (χ2n) is 6.09. The molecule has 1 heterocycles. The maximum Gasteiger partial charge on any atom is 0.255 e. The van der Waals surface area contributed by atoms with Gasteiger partial charge in [0, 0.05) is 36.5 Å². The van der Waals surface area contributed by atoms with E-state index in [0.717, 1.165) is 11.1 Å². The van der Waals surface area contributed by atoms with Gasteiger partial charge in [0.1, 0.15) is 5.78 Å². The molecule has 0 aliphatic carbocycles. The molecule has 0 fully saturated rings. The third-order valence-corrected chi connectivity index (χ3v) is 4.06. The molecule has 0 aliphatic rings. The van der Waals surface area contributed by atoms with Crippen molar-refractivity contribution in [3.8, 4) is 0 Å². The van der Waals surface area contributed by atoms with Crippen molar-refractivity contribution in [1.82, 2.24) is 4.98 Å². The second kappa shape index (κ2) is 8.72. The highest BCUT2D eigenvalue weighted by atomic mass is 16.1. The third-order valence-electron chi connectivity index (χ3n) is 4.06. The van der Waals surface area contributed by atoms with Gasteiger partial charge in [-0.3, -0.25) is 14.6 Å². The van der Waals surface area contributed by atoms with E-state index in [2.05, 4.69) is 10.3 Å². The zero-order valence-corrected chi connectivity index (χ0v) is 14.4. The minimum atomic E-state index is -0.147. The average Bonchev–Trinajstić information content (AvgIpc) is 2.69. The molecule has 1 N–H and O–H groups in total. The van der Waals surface area contributed by atoms with E-state index in [0.29, 0.717) is 30.5 Å². The van der Waals surface area contributed by atoms with Crippen molar-refractivity contribution in [2.24, 2.45) is 0 Å². The van der Waals surface area contributed by atoms with Crippen LogP contribution in [-0.4, -0.2) is 16.7 Å². The number of rotatable bonds is 7. The molecule has 1 aromatic heterocycles. The molecular formula is C22H20N2O2. The molecule has 2 aromatic carbocycles. The lowest BCUT2D eigenvalue weighted by molar-refractivity contribution is -0.118. The maximum atomic E-state index is 12.1. The van der Waals surface area contributed by atoms with Crippen molar-refractivity contribution in [2.75, 3.05) is 5.32 Å². The Labute approximate surface area is 152 Å². The van der Waals surface area contributed by atoms with Crippen molar-refractivity contribution in [1.29, 1.82) is 0 Å². The Morgan fingerprint density at radius 1 is 0.846 bits per heavy atom. The molecule has 26 heavy (non-hydrogen) atoms. The second-order valence-corrected chi connectivity index (χ2v) is 6.09. The number of benzene rings is 2. The summed E-state index contributed by atoms with van der Waals surface area (Å²) in [5.41, 5.74) is 3.34. The van der Waals surface area contributed by atoms with Crippen molar-refractivity contribution in [3.63, 3.8) is 0 Å². The van der Waals surface area contributed by atoms with Gasteiger partial charge in [-0.1, -0.05) is 36.4 Å². The van der Waals surface area contributed by atoms with E-state index < -0.39 is 0 Å². The Hall–Kier alpha value is -3.27. The average molecular weight is 344 g/mol. The van der Waals surface area contributed by atoms with Crippen LogP contribution in [0, 0.1) is 0 Å². The molecule has 1 amide bonds. The number of hydrogen-bond acceptors (Lipinski definition) is 3. The Morgan fingerprint density at radius 2 is 1.62 bits per heavy atom. The fraction of sp³-hybridized carbons (Fsp3) is 0.136. The monoisotopic (exact) mass is 344 g/mol. The van der Waals surface area contributed by atoms with E-state index in [1.165, 1.54) is 0 Å². The number of aromatic nitrogens is 1. The number of carbonyl (C=O) groups excluding carboxylic acids is 2. The summed E-state index contributed by atoms with van der Waals surface area (Å²) in [6.45, 7) is 0. The molecule has 4 heteroatoms. The lowest BCUT2D eigenvalue weighted by Gasteiger charge is -2.07. The minimum Gasteiger partial charge on any atom is -0.322 e. The van der Waals surface area contributed by atoms with E-state index in [1.54, 1.807) is 24.5 Å². The molecule has 0 radical (unpaired) electrons. The highest BCUT2D eigenvalue weighted by Crippen LogP contribution is 2.13. The Balaban J connectivity index is 1.51. The summed E-state index contributed by atoms with van der Waals surface area (Å²) in [6, 6.07) is 20.3. The van der Waals surface area contributed by atoms with E-state index in [9.17, 15) is 9.59 Å². The maximum absolute atomic E-state index is 12.1. The van der Waals surface area contributed by atoms with E-state index in [-0.39, 0.29) is 11.7 Å². The first-order valence-electron chi connectivity index (χ1n) is 8.56. The zero-order chi connectivity index (χ0) is 18.2. The summed E-state index contributed by atoms with van der Waals surface area (Å²) < 4.78 is 0. The Morgan fingerprint density at radius 3 is 2.31 bits per heavy atom. The molecule has 0 unspecified atom stereocenters. The summed E-state index contributed by atoms with van der Waals surface area (Å²) in [4.78, 5) is 28.3. The van der Waals surface area contributed by atoms with Gasteiger partial charge in [-0.05, 0) is 47.9 Å². The van der Waals surface area contributed by atoms with Crippen LogP contribution >= 0.6 is 0 Å². The van der Waals surface area contributed by atoms with Crippen molar-refractivity contribution >= 4 is 17.4 Å². The number of aryl methyl sites for hydroxylation is 1. The number of Topliss-reactive ketones (excluding diaryl/α,β-unsaturated/α-hetero) is 1. The SMILES string of the molecule is O=C(CCc1cccnc1)Cc1ccc(NC(=O)c2ccccc2)cc1. The minimum absolute atomic E-state index is 0.147. The highest BCUT2D eigenvalue weighted by Gasteiger charge is 2.07. The van der Waals surface area contributed by atoms with Crippen LogP contribution < -0.4 is 5.32 Å². The molecule has 0 saturated heterocycles. The molecule has 0 spiro atoms. The standard InChI is InChI=1S/C22H20N2O2/c25-21(13-10-18-5-4-14-23-16-18)15-17-8-11-20(12-9-17)24-22(26)19-6-2-1-3-7-19/h1-9,11-12,14,16H,10,13,15H2,(H,24,26). The zero-order valence-electron chi connectivity index (χ0n) is 14.4. The summed E-state index contributed by atoms with van der Waals surface area (Å²) in [6.07, 6.45) is 5.12. The topological polar surface area (TPSA) is 59.1 Å². The molecular weight excluding hydrogens is 324 g/mol. The van der Waals surface area contributed by atoms with Gasteiger partial charge in [-0.2, -0.15) is 0 Å².